The molecule has 41 heavy (non-hydrogen) atoms. The molecule has 0 aliphatic carbocycles. The van der Waals surface area contributed by atoms with Crippen molar-refractivity contribution in [2.24, 2.45) is 5.92 Å². The van der Waals surface area contributed by atoms with Gasteiger partial charge in [-0.2, -0.15) is 0 Å². The number of amides is 3. The maximum atomic E-state index is 14.0. The zero-order valence-corrected chi connectivity index (χ0v) is 22.9. The minimum absolute atomic E-state index is 0.00528. The van der Waals surface area contributed by atoms with Crippen LogP contribution in [0.15, 0.2) is 84.9 Å². The average Bonchev–Trinajstić information content (AvgIpc) is 3.22. The van der Waals surface area contributed by atoms with E-state index in [1.807, 2.05) is 54.6 Å². The maximum absolute atomic E-state index is 14.0. The Morgan fingerprint density at radius 2 is 1.76 bits per heavy atom. The number of β-lactam (4-membered cyclic amide) rings is 1. The molecule has 0 radical (unpaired) electrons. The van der Waals surface area contributed by atoms with E-state index in [0.29, 0.717) is 48.6 Å². The highest BCUT2D eigenvalue weighted by Gasteiger charge is 2.53. The highest BCUT2D eigenvalue weighted by molar-refractivity contribution is 6.13. The molecule has 3 heterocycles. The fourth-order valence-corrected chi connectivity index (χ4v) is 6.12. The first-order valence-electron chi connectivity index (χ1n) is 14.0. The van der Waals surface area contributed by atoms with Crippen LogP contribution in [-0.2, 0) is 33.0 Å². The lowest BCUT2D eigenvalue weighted by molar-refractivity contribution is -0.138. The number of carbonyl (C=O) groups excluding carboxylic acids is 3. The lowest BCUT2D eigenvalue weighted by atomic mass is 9.82. The van der Waals surface area contributed by atoms with E-state index in [9.17, 15) is 24.6 Å². The predicted molar refractivity (Wildman–Crippen MR) is 155 cm³/mol. The van der Waals surface area contributed by atoms with Crippen LogP contribution < -0.4 is 9.80 Å². The van der Waals surface area contributed by atoms with Crippen molar-refractivity contribution in [3.63, 3.8) is 0 Å². The topological polar surface area (TPSA) is 101 Å². The van der Waals surface area contributed by atoms with Gasteiger partial charge in [0.25, 0.3) is 5.91 Å². The summed E-state index contributed by atoms with van der Waals surface area (Å²) >= 11 is 0. The fraction of sp³-hybridized carbons (Fsp3) is 0.303. The second-order valence-electron chi connectivity index (χ2n) is 11.0. The van der Waals surface area contributed by atoms with Gasteiger partial charge in [0, 0.05) is 48.8 Å². The number of hydrogen-bond donors (Lipinski definition) is 2. The first kappa shape index (κ1) is 26.9. The molecule has 210 valence electrons. The second kappa shape index (κ2) is 10.6. The second-order valence-corrected chi connectivity index (χ2v) is 11.0. The van der Waals surface area contributed by atoms with Crippen LogP contribution >= 0.6 is 0 Å². The summed E-state index contributed by atoms with van der Waals surface area (Å²) < 4.78 is 0. The molecular formula is C33H33N3O5. The molecule has 0 saturated carbocycles. The number of anilines is 3. The Morgan fingerprint density at radius 3 is 2.44 bits per heavy atom. The van der Waals surface area contributed by atoms with Crippen molar-refractivity contribution >= 4 is 34.8 Å². The normalized spacial score (nSPS) is 22.5. The SMILES string of the molecule is C[C@@H](/C=C/CC(=O)N1Cc2ccccc2C[C@H]1CO)[C@]1(O)C(=O)N(c2ccccc2)c2ccc(N3CCC3=O)cc21. The molecule has 2 N–H and O–H groups in total. The van der Waals surface area contributed by atoms with Crippen molar-refractivity contribution in [2.45, 2.75) is 44.4 Å². The van der Waals surface area contributed by atoms with Crippen molar-refractivity contribution in [1.82, 2.24) is 4.90 Å². The largest absolute Gasteiger partial charge is 0.394 e. The van der Waals surface area contributed by atoms with Crippen LogP contribution in [0, 0.1) is 5.92 Å². The van der Waals surface area contributed by atoms with Crippen LogP contribution in [0.3, 0.4) is 0 Å². The van der Waals surface area contributed by atoms with E-state index >= 15 is 0 Å². The summed E-state index contributed by atoms with van der Waals surface area (Å²) in [6.07, 6.45) is 4.55. The summed E-state index contributed by atoms with van der Waals surface area (Å²) in [7, 11) is 0. The molecule has 0 bridgehead atoms. The summed E-state index contributed by atoms with van der Waals surface area (Å²) in [6, 6.07) is 22.1. The number of carbonyl (C=O) groups is 3. The van der Waals surface area contributed by atoms with Gasteiger partial charge in [-0.3, -0.25) is 19.3 Å². The number of nitrogens with zero attached hydrogens (tertiary/aromatic N) is 3. The van der Waals surface area contributed by atoms with Gasteiger partial charge in [-0.15, -0.1) is 0 Å². The molecule has 3 aliphatic rings. The molecule has 8 heteroatoms. The molecule has 8 nitrogen and oxygen atoms in total. The maximum Gasteiger partial charge on any atom is 0.268 e. The molecule has 0 aromatic heterocycles. The highest BCUT2D eigenvalue weighted by atomic mass is 16.3. The molecule has 3 amide bonds. The van der Waals surface area contributed by atoms with E-state index in [2.05, 4.69) is 0 Å². The summed E-state index contributed by atoms with van der Waals surface area (Å²) in [6.45, 7) is 2.66. The van der Waals surface area contributed by atoms with Gasteiger partial charge >= 0.3 is 0 Å². The zero-order chi connectivity index (χ0) is 28.7. The minimum Gasteiger partial charge on any atom is -0.394 e. The Kier molecular flexibility index (Phi) is 6.97. The van der Waals surface area contributed by atoms with Crippen molar-refractivity contribution in [2.75, 3.05) is 23.0 Å². The van der Waals surface area contributed by atoms with Gasteiger partial charge < -0.3 is 20.0 Å². The van der Waals surface area contributed by atoms with Crippen molar-refractivity contribution < 1.29 is 24.6 Å². The first-order chi connectivity index (χ1) is 19.8. The first-order valence-corrected chi connectivity index (χ1v) is 14.0. The lowest BCUT2D eigenvalue weighted by Gasteiger charge is -2.36. The molecule has 1 fully saturated rings. The third-order valence-corrected chi connectivity index (χ3v) is 8.60. The monoisotopic (exact) mass is 551 g/mol. The van der Waals surface area contributed by atoms with Crippen LogP contribution in [0.5, 0.6) is 0 Å². The fourth-order valence-electron chi connectivity index (χ4n) is 6.12. The van der Waals surface area contributed by atoms with Crippen LogP contribution in [-0.4, -0.2) is 52.0 Å². The van der Waals surface area contributed by atoms with Gasteiger partial charge in [-0.25, -0.2) is 0 Å². The Bertz CT molecular complexity index is 1540. The van der Waals surface area contributed by atoms with E-state index in [1.165, 1.54) is 4.90 Å². The van der Waals surface area contributed by atoms with E-state index in [0.717, 1.165) is 11.1 Å². The molecule has 1 saturated heterocycles. The van der Waals surface area contributed by atoms with Crippen LogP contribution in [0.4, 0.5) is 17.1 Å². The molecule has 3 aromatic carbocycles. The molecule has 3 aromatic rings. The van der Waals surface area contributed by atoms with Gasteiger partial charge in [0.15, 0.2) is 5.60 Å². The molecule has 0 unspecified atom stereocenters. The number of rotatable bonds is 7. The Labute approximate surface area is 239 Å². The highest BCUT2D eigenvalue weighted by Crippen LogP contribution is 2.49. The van der Waals surface area contributed by atoms with Gasteiger partial charge in [0.2, 0.25) is 11.8 Å². The average molecular weight is 552 g/mol. The number of hydrogen-bond acceptors (Lipinski definition) is 5. The summed E-state index contributed by atoms with van der Waals surface area (Å²) in [5, 5.41) is 22.1. The summed E-state index contributed by atoms with van der Waals surface area (Å²) in [5.74, 6) is -1.28. The van der Waals surface area contributed by atoms with Crippen LogP contribution in [0.2, 0.25) is 0 Å². The third-order valence-electron chi connectivity index (χ3n) is 8.60. The Morgan fingerprint density at radius 1 is 1.02 bits per heavy atom. The quantitative estimate of drug-likeness (QED) is 0.344. The van der Waals surface area contributed by atoms with Crippen molar-refractivity contribution in [3.05, 3.63) is 102 Å². The Balaban J connectivity index is 1.26. The molecule has 0 spiro atoms. The molecular weight excluding hydrogens is 518 g/mol. The van der Waals surface area contributed by atoms with Crippen molar-refractivity contribution in [1.29, 1.82) is 0 Å². The van der Waals surface area contributed by atoms with Gasteiger partial charge in [0.05, 0.1) is 18.3 Å². The minimum atomic E-state index is -1.90. The van der Waals surface area contributed by atoms with Gasteiger partial charge in [0.1, 0.15) is 0 Å². The van der Waals surface area contributed by atoms with Crippen molar-refractivity contribution in [3.8, 4) is 0 Å². The van der Waals surface area contributed by atoms with Gasteiger partial charge in [-0.1, -0.05) is 61.5 Å². The van der Waals surface area contributed by atoms with E-state index in [-0.39, 0.29) is 30.9 Å². The number of para-hydroxylation sites is 1. The standard InChI is InChI=1S/C33H33N3O5/c1-22(8-7-13-30(38)35-20-24-10-6-5-9-23(24)18-27(35)21-37)33(41)28-19-26(34-17-16-31(34)39)14-15-29(28)36(32(33)40)25-11-3-2-4-12-25/h2-12,14-15,19,22,27,37,41H,13,16-18,20-21H2,1H3/b8-7+/t22-,27-,33+/m0/s1. The number of benzene rings is 3. The summed E-state index contributed by atoms with van der Waals surface area (Å²) in [5.41, 5.74) is 2.59. The summed E-state index contributed by atoms with van der Waals surface area (Å²) in [4.78, 5) is 44.2. The van der Waals surface area contributed by atoms with Crippen LogP contribution in [0.25, 0.3) is 0 Å². The lowest BCUT2D eigenvalue weighted by Crippen LogP contribution is -2.46. The third kappa shape index (κ3) is 4.53. The van der Waals surface area contributed by atoms with Crippen LogP contribution in [0.1, 0.15) is 36.5 Å². The Hall–Kier alpha value is -4.27. The van der Waals surface area contributed by atoms with E-state index in [4.69, 9.17) is 0 Å². The number of aliphatic hydroxyl groups excluding tert-OH is 1. The molecule has 6 rings (SSSR count). The van der Waals surface area contributed by atoms with E-state index < -0.39 is 17.4 Å². The molecule has 3 aliphatic heterocycles. The smallest absolute Gasteiger partial charge is 0.268 e. The number of aliphatic hydroxyl groups is 2. The van der Waals surface area contributed by atoms with Gasteiger partial charge in [-0.05, 0) is 47.9 Å². The number of fused-ring (bicyclic) bond motifs is 2. The zero-order valence-electron chi connectivity index (χ0n) is 22.9. The van der Waals surface area contributed by atoms with E-state index in [1.54, 1.807) is 47.1 Å². The predicted octanol–water partition coefficient (Wildman–Crippen LogP) is 3.82. The molecule has 3 atom stereocenters.